The molecule has 0 aromatic heterocycles. The molecule has 0 aromatic rings. The van der Waals surface area contributed by atoms with Gasteiger partial charge >= 0.3 is 0 Å². The summed E-state index contributed by atoms with van der Waals surface area (Å²) in [6.45, 7) is 4.41. The number of rotatable bonds is 24. The highest BCUT2D eigenvalue weighted by atomic mass is 32.2. The van der Waals surface area contributed by atoms with E-state index in [-0.39, 0.29) is 5.91 Å². The lowest BCUT2D eigenvalue weighted by atomic mass is 10.0. The molecule has 0 saturated carbocycles. The molecule has 2 atom stereocenters. The Balaban J connectivity index is 4.07. The van der Waals surface area contributed by atoms with E-state index in [9.17, 15) is 22.9 Å². The van der Waals surface area contributed by atoms with E-state index in [0.29, 0.717) is 12.8 Å². The van der Waals surface area contributed by atoms with Gasteiger partial charge in [-0.1, -0.05) is 123 Å². The molecule has 33 heavy (non-hydrogen) atoms. The van der Waals surface area contributed by atoms with Crippen molar-refractivity contribution in [2.45, 2.75) is 154 Å². The fourth-order valence-electron chi connectivity index (χ4n) is 4.22. The van der Waals surface area contributed by atoms with Crippen LogP contribution in [0.15, 0.2) is 0 Å². The van der Waals surface area contributed by atoms with Crippen molar-refractivity contribution in [3.05, 3.63) is 0 Å². The van der Waals surface area contributed by atoms with Crippen molar-refractivity contribution >= 4 is 16.0 Å². The van der Waals surface area contributed by atoms with Crippen LogP contribution in [0.1, 0.15) is 142 Å². The zero-order valence-corrected chi connectivity index (χ0v) is 22.3. The second-order valence-electron chi connectivity index (χ2n) is 9.69. The van der Waals surface area contributed by atoms with Crippen molar-refractivity contribution in [3.8, 4) is 0 Å². The number of nitrogens with one attached hydrogen (secondary N) is 1. The predicted molar refractivity (Wildman–Crippen MR) is 138 cm³/mol. The van der Waals surface area contributed by atoms with E-state index in [0.717, 1.165) is 38.5 Å². The van der Waals surface area contributed by atoms with Crippen LogP contribution in [0, 0.1) is 0 Å². The monoisotopic (exact) mass is 491 g/mol. The third kappa shape index (κ3) is 22.9. The number of unbranched alkanes of at least 4 members (excludes halogenated alkanes) is 16. The molecule has 7 heteroatoms. The molecule has 0 saturated heterocycles. The molecule has 0 spiro atoms. The molecule has 0 bridgehead atoms. The van der Waals surface area contributed by atoms with Gasteiger partial charge in [0, 0.05) is 6.42 Å². The first-order valence-corrected chi connectivity index (χ1v) is 15.3. The number of amides is 1. The first kappa shape index (κ1) is 32.3. The fraction of sp³-hybridized carbons (Fsp3) is 0.962. The molecule has 1 amide bonds. The largest absolute Gasteiger partial charge is 0.391 e. The number of hydrogen-bond donors (Lipinski definition) is 3. The lowest BCUT2D eigenvalue weighted by Crippen LogP contribution is -2.47. The first-order chi connectivity index (χ1) is 15.8. The van der Waals surface area contributed by atoms with Crippen molar-refractivity contribution in [1.29, 1.82) is 0 Å². The SMILES string of the molecule is CCCCCCCCCCCCCC(O)C(CS(=O)(=O)O)NC(=O)CCCCCCCCC. The van der Waals surface area contributed by atoms with E-state index in [1.807, 2.05) is 0 Å². The average Bonchev–Trinajstić information content (AvgIpc) is 2.75. The molecule has 0 aliphatic carbocycles. The van der Waals surface area contributed by atoms with Gasteiger partial charge in [0.1, 0.15) is 0 Å². The minimum absolute atomic E-state index is 0.254. The smallest absolute Gasteiger partial charge is 0.266 e. The molecule has 0 aliphatic rings. The van der Waals surface area contributed by atoms with Crippen LogP contribution in [-0.4, -0.2) is 41.9 Å². The molecule has 0 radical (unpaired) electrons. The Kier molecular flexibility index (Phi) is 21.4. The minimum Gasteiger partial charge on any atom is -0.391 e. The summed E-state index contributed by atoms with van der Waals surface area (Å²) in [5.74, 6) is -0.898. The average molecular weight is 492 g/mol. The molecule has 0 heterocycles. The van der Waals surface area contributed by atoms with Crippen molar-refractivity contribution in [1.82, 2.24) is 5.32 Å². The Bertz CT molecular complexity index is 553. The number of hydrogen-bond acceptors (Lipinski definition) is 4. The summed E-state index contributed by atoms with van der Waals surface area (Å²) in [4.78, 5) is 12.2. The number of carbonyl (C=O) groups is 1. The topological polar surface area (TPSA) is 104 Å². The third-order valence-electron chi connectivity index (χ3n) is 6.31. The van der Waals surface area contributed by atoms with Crippen LogP contribution in [0.3, 0.4) is 0 Å². The summed E-state index contributed by atoms with van der Waals surface area (Å²) in [5.41, 5.74) is 0. The first-order valence-electron chi connectivity index (χ1n) is 13.7. The maximum atomic E-state index is 12.2. The van der Waals surface area contributed by atoms with Gasteiger partial charge < -0.3 is 10.4 Å². The Hall–Kier alpha value is -0.660. The third-order valence-corrected chi connectivity index (χ3v) is 7.09. The minimum atomic E-state index is -4.28. The van der Waals surface area contributed by atoms with Gasteiger partial charge in [-0.25, -0.2) is 0 Å². The van der Waals surface area contributed by atoms with Crippen molar-refractivity contribution in [2.75, 3.05) is 5.75 Å². The van der Waals surface area contributed by atoms with Gasteiger partial charge in [-0.3, -0.25) is 9.35 Å². The van der Waals surface area contributed by atoms with Crippen LogP contribution in [0.25, 0.3) is 0 Å². The van der Waals surface area contributed by atoms with E-state index in [4.69, 9.17) is 0 Å². The Labute approximate surface area is 204 Å². The highest BCUT2D eigenvalue weighted by molar-refractivity contribution is 7.85. The van der Waals surface area contributed by atoms with Gasteiger partial charge in [-0.15, -0.1) is 0 Å². The van der Waals surface area contributed by atoms with Gasteiger partial charge in [0.15, 0.2) is 0 Å². The summed E-state index contributed by atoms with van der Waals surface area (Å²) < 4.78 is 32.0. The predicted octanol–water partition coefficient (Wildman–Crippen LogP) is 6.56. The van der Waals surface area contributed by atoms with E-state index < -0.39 is 28.0 Å². The molecule has 0 aliphatic heterocycles. The normalized spacial score (nSPS) is 13.7. The van der Waals surface area contributed by atoms with E-state index >= 15 is 0 Å². The van der Waals surface area contributed by atoms with Crippen LogP contribution < -0.4 is 5.32 Å². The van der Waals surface area contributed by atoms with Gasteiger partial charge in [-0.2, -0.15) is 8.42 Å². The van der Waals surface area contributed by atoms with Gasteiger partial charge in [0.25, 0.3) is 10.1 Å². The van der Waals surface area contributed by atoms with Gasteiger partial charge in [0.2, 0.25) is 5.91 Å². The second-order valence-corrected chi connectivity index (χ2v) is 11.2. The van der Waals surface area contributed by atoms with Crippen LogP contribution in [0.5, 0.6) is 0 Å². The summed E-state index contributed by atoms with van der Waals surface area (Å²) in [6.07, 6.45) is 20.7. The van der Waals surface area contributed by atoms with Gasteiger partial charge in [-0.05, 0) is 12.8 Å². The van der Waals surface area contributed by atoms with Crippen molar-refractivity contribution in [2.24, 2.45) is 0 Å². The second kappa shape index (κ2) is 21.8. The Morgan fingerprint density at radius 1 is 0.697 bits per heavy atom. The highest BCUT2D eigenvalue weighted by Crippen LogP contribution is 2.14. The highest BCUT2D eigenvalue weighted by Gasteiger charge is 2.25. The standard InChI is InChI=1S/C26H53NO5S/c1-3-5-7-9-11-12-13-14-16-17-19-21-25(28)24(23-33(30,31)32)27-26(29)22-20-18-15-10-8-6-4-2/h24-25,28H,3-23H2,1-2H3,(H,27,29)(H,30,31,32). The molecule has 198 valence electrons. The molecule has 0 rings (SSSR count). The fourth-order valence-corrected chi connectivity index (χ4v) is 4.98. The van der Waals surface area contributed by atoms with Gasteiger partial charge in [0.05, 0.1) is 17.9 Å². The van der Waals surface area contributed by atoms with Crippen LogP contribution in [0.2, 0.25) is 0 Å². The number of aliphatic hydroxyl groups excluding tert-OH is 1. The van der Waals surface area contributed by atoms with Crippen molar-refractivity contribution in [3.63, 3.8) is 0 Å². The van der Waals surface area contributed by atoms with Crippen molar-refractivity contribution < 1.29 is 22.9 Å². The number of aliphatic hydroxyl groups is 1. The molecule has 3 N–H and O–H groups in total. The zero-order chi connectivity index (χ0) is 24.8. The van der Waals surface area contributed by atoms with Crippen LogP contribution in [0.4, 0.5) is 0 Å². The maximum absolute atomic E-state index is 12.2. The lowest BCUT2D eigenvalue weighted by molar-refractivity contribution is -0.122. The molecular weight excluding hydrogens is 438 g/mol. The zero-order valence-electron chi connectivity index (χ0n) is 21.5. The van der Waals surface area contributed by atoms with Crippen LogP contribution in [-0.2, 0) is 14.9 Å². The molecular formula is C26H53NO5S. The Morgan fingerprint density at radius 2 is 1.09 bits per heavy atom. The lowest BCUT2D eigenvalue weighted by Gasteiger charge is -2.23. The quantitative estimate of drug-likeness (QED) is 0.105. The molecule has 2 unspecified atom stereocenters. The molecule has 0 fully saturated rings. The van der Waals surface area contributed by atoms with E-state index in [1.54, 1.807) is 0 Å². The summed E-state index contributed by atoms with van der Waals surface area (Å²) >= 11 is 0. The van der Waals surface area contributed by atoms with E-state index in [1.165, 1.54) is 77.0 Å². The summed E-state index contributed by atoms with van der Waals surface area (Å²) in [6, 6.07) is -0.958. The molecule has 6 nitrogen and oxygen atoms in total. The maximum Gasteiger partial charge on any atom is 0.266 e. The Morgan fingerprint density at radius 3 is 1.52 bits per heavy atom. The molecule has 0 aromatic carbocycles. The summed E-state index contributed by atoms with van der Waals surface area (Å²) in [7, 11) is -4.28. The summed E-state index contributed by atoms with van der Waals surface area (Å²) in [5, 5.41) is 13.1. The van der Waals surface area contributed by atoms with Crippen LogP contribution >= 0.6 is 0 Å². The number of carbonyl (C=O) groups excluding carboxylic acids is 1. The van der Waals surface area contributed by atoms with E-state index in [2.05, 4.69) is 19.2 Å².